The minimum atomic E-state index is -0.418. The molecule has 38 heavy (non-hydrogen) atoms. The van der Waals surface area contributed by atoms with Crippen molar-refractivity contribution in [3.05, 3.63) is 41.5 Å². The first kappa shape index (κ1) is 30.7. The van der Waals surface area contributed by atoms with Crippen molar-refractivity contribution in [2.45, 2.75) is 0 Å². The van der Waals surface area contributed by atoms with Crippen LogP contribution in [-0.2, 0) is 23.7 Å². The van der Waals surface area contributed by atoms with Gasteiger partial charge < -0.3 is 52.1 Å². The van der Waals surface area contributed by atoms with Crippen LogP contribution in [0.15, 0.2) is 30.3 Å². The van der Waals surface area contributed by atoms with Gasteiger partial charge in [-0.1, -0.05) is 6.08 Å². The molecule has 0 saturated carbocycles. The first-order valence-electron chi connectivity index (χ1n) is 11.2. The molecular formula is C26H34O12. The maximum atomic E-state index is 13.4. The number of benzene rings is 2. The van der Waals surface area contributed by atoms with Gasteiger partial charge in [0.05, 0.1) is 7.11 Å². The maximum Gasteiger partial charge on any atom is 0.206 e. The largest absolute Gasteiger partial charge is 0.493 e. The van der Waals surface area contributed by atoms with Gasteiger partial charge in [0.15, 0.2) is 51.2 Å². The van der Waals surface area contributed by atoms with Crippen molar-refractivity contribution in [1.82, 2.24) is 0 Å². The summed E-state index contributed by atoms with van der Waals surface area (Å²) in [5, 5.41) is 0. The van der Waals surface area contributed by atoms with Crippen LogP contribution in [0.4, 0.5) is 0 Å². The Morgan fingerprint density at radius 2 is 1.08 bits per heavy atom. The molecular weight excluding hydrogens is 504 g/mol. The molecule has 0 N–H and O–H groups in total. The van der Waals surface area contributed by atoms with Crippen molar-refractivity contribution in [3.63, 3.8) is 0 Å². The van der Waals surface area contributed by atoms with Crippen LogP contribution < -0.4 is 28.4 Å². The third-order valence-corrected chi connectivity index (χ3v) is 4.64. The van der Waals surface area contributed by atoms with E-state index in [9.17, 15) is 4.79 Å². The van der Waals surface area contributed by atoms with Crippen molar-refractivity contribution in [1.29, 1.82) is 0 Å². The summed E-state index contributed by atoms with van der Waals surface area (Å²) in [5.41, 5.74) is 0.729. The normalized spacial score (nSPS) is 10.9. The Kier molecular flexibility index (Phi) is 13.8. The monoisotopic (exact) mass is 538 g/mol. The van der Waals surface area contributed by atoms with Crippen molar-refractivity contribution in [2.24, 2.45) is 0 Å². The van der Waals surface area contributed by atoms with Gasteiger partial charge in [-0.05, 0) is 23.8 Å². The van der Waals surface area contributed by atoms with Gasteiger partial charge in [-0.3, -0.25) is 4.79 Å². The molecule has 0 heterocycles. The standard InChI is InChI=1S/C26H34O12/c1-28-13-34-19-11-21(35-14-29-2)25(22(12-19)36-15-30-3)20(27)8-7-18-9-23(33-6)26(38-17-32-5)24(10-18)37-16-31-4/h7-12H,13-17H2,1-6H3. The zero-order chi connectivity index (χ0) is 27.8. The third kappa shape index (κ3) is 9.08. The molecule has 0 saturated heterocycles. The van der Waals surface area contributed by atoms with E-state index in [0.717, 1.165) is 0 Å². The topological polar surface area (TPSA) is 119 Å². The van der Waals surface area contributed by atoms with Gasteiger partial charge in [0.1, 0.15) is 22.8 Å². The number of carbonyl (C=O) groups is 1. The average Bonchev–Trinajstić information content (AvgIpc) is 2.94. The predicted molar refractivity (Wildman–Crippen MR) is 135 cm³/mol. The summed E-state index contributed by atoms with van der Waals surface area (Å²) in [6.45, 7) is -0.286. The van der Waals surface area contributed by atoms with Gasteiger partial charge in [0.25, 0.3) is 0 Å². The summed E-state index contributed by atoms with van der Waals surface area (Å²) in [7, 11) is 8.89. The number of methoxy groups -OCH3 is 6. The highest BCUT2D eigenvalue weighted by Gasteiger charge is 2.21. The number of ketones is 1. The molecule has 2 rings (SSSR count). The zero-order valence-corrected chi connectivity index (χ0v) is 22.4. The van der Waals surface area contributed by atoms with Crippen molar-refractivity contribution < 1.29 is 56.9 Å². The van der Waals surface area contributed by atoms with E-state index >= 15 is 0 Å². The SMILES string of the molecule is COCOc1cc(OCOC)c(C(=O)C=Cc2cc(OC)c(OCOC)c(OCOC)c2)c(OCOC)c1. The number of allylic oxidation sites excluding steroid dienone is 1. The Morgan fingerprint density at radius 3 is 1.61 bits per heavy atom. The second-order valence-electron chi connectivity index (χ2n) is 7.30. The molecule has 0 radical (unpaired) electrons. The Labute approximate surface area is 221 Å². The lowest BCUT2D eigenvalue weighted by Crippen LogP contribution is -2.10. The van der Waals surface area contributed by atoms with E-state index in [1.54, 1.807) is 30.3 Å². The molecule has 0 aliphatic rings. The van der Waals surface area contributed by atoms with E-state index < -0.39 is 5.78 Å². The highest BCUT2D eigenvalue weighted by atomic mass is 16.7. The van der Waals surface area contributed by atoms with Crippen LogP contribution in [0.3, 0.4) is 0 Å². The van der Waals surface area contributed by atoms with Gasteiger partial charge in [0.2, 0.25) is 5.75 Å². The van der Waals surface area contributed by atoms with Crippen LogP contribution in [0.25, 0.3) is 6.08 Å². The lowest BCUT2D eigenvalue weighted by atomic mass is 10.1. The lowest BCUT2D eigenvalue weighted by molar-refractivity contribution is 0.0307. The molecule has 0 amide bonds. The van der Waals surface area contributed by atoms with Gasteiger partial charge in [-0.25, -0.2) is 0 Å². The minimum Gasteiger partial charge on any atom is -0.493 e. The summed E-state index contributed by atoms with van der Waals surface area (Å²) >= 11 is 0. The fourth-order valence-corrected chi connectivity index (χ4v) is 3.08. The first-order valence-corrected chi connectivity index (χ1v) is 11.2. The van der Waals surface area contributed by atoms with Gasteiger partial charge in [-0.15, -0.1) is 0 Å². The van der Waals surface area contributed by atoms with Gasteiger partial charge in [0, 0.05) is 47.7 Å². The number of carbonyl (C=O) groups excluding carboxylic acids is 1. The predicted octanol–water partition coefficient (Wildman–Crippen LogP) is 3.50. The Hall–Kier alpha value is -3.55. The van der Waals surface area contributed by atoms with Gasteiger partial charge >= 0.3 is 0 Å². The maximum absolute atomic E-state index is 13.4. The number of rotatable bonds is 19. The van der Waals surface area contributed by atoms with Crippen LogP contribution in [0.5, 0.6) is 34.5 Å². The second-order valence-corrected chi connectivity index (χ2v) is 7.30. The smallest absolute Gasteiger partial charge is 0.206 e. The molecule has 0 atom stereocenters. The van der Waals surface area contributed by atoms with Crippen LogP contribution in [-0.4, -0.2) is 82.4 Å². The van der Waals surface area contributed by atoms with E-state index in [-0.39, 0.29) is 51.0 Å². The van der Waals surface area contributed by atoms with Crippen molar-refractivity contribution >= 4 is 11.9 Å². The molecule has 0 bridgehead atoms. The van der Waals surface area contributed by atoms with E-state index in [4.69, 9.17) is 52.1 Å². The van der Waals surface area contributed by atoms with Gasteiger partial charge in [-0.2, -0.15) is 0 Å². The van der Waals surface area contributed by atoms with Crippen LogP contribution in [0.2, 0.25) is 0 Å². The lowest BCUT2D eigenvalue weighted by Gasteiger charge is -2.17. The summed E-state index contributed by atoms with van der Waals surface area (Å²) in [6, 6.07) is 6.43. The van der Waals surface area contributed by atoms with E-state index in [0.29, 0.717) is 28.6 Å². The molecule has 0 spiro atoms. The summed E-state index contributed by atoms with van der Waals surface area (Å²) in [5.74, 6) is 1.35. The summed E-state index contributed by atoms with van der Waals surface area (Å²) < 4.78 is 58.5. The first-order chi connectivity index (χ1) is 18.5. The van der Waals surface area contributed by atoms with Crippen molar-refractivity contribution in [2.75, 3.05) is 76.6 Å². The quantitative estimate of drug-likeness (QED) is 0.148. The highest BCUT2D eigenvalue weighted by Crippen LogP contribution is 2.40. The average molecular weight is 539 g/mol. The Bertz CT molecular complexity index is 1010. The fourth-order valence-electron chi connectivity index (χ4n) is 3.08. The van der Waals surface area contributed by atoms with Crippen LogP contribution >= 0.6 is 0 Å². The number of hydrogen-bond donors (Lipinski definition) is 0. The molecule has 2 aromatic rings. The molecule has 0 fully saturated rings. The number of ether oxygens (including phenoxy) is 11. The second kappa shape index (κ2) is 17.1. The number of hydrogen-bond acceptors (Lipinski definition) is 12. The van der Waals surface area contributed by atoms with Crippen molar-refractivity contribution in [3.8, 4) is 34.5 Å². The molecule has 0 aromatic heterocycles. The minimum absolute atomic E-state index is 0.0139. The molecule has 12 heteroatoms. The summed E-state index contributed by atoms with van der Waals surface area (Å²) in [6.07, 6.45) is 2.94. The summed E-state index contributed by atoms with van der Waals surface area (Å²) in [4.78, 5) is 13.4. The Balaban J connectivity index is 2.49. The highest BCUT2D eigenvalue weighted by molar-refractivity contribution is 6.10. The molecule has 210 valence electrons. The van der Waals surface area contributed by atoms with Crippen LogP contribution in [0, 0.1) is 0 Å². The van der Waals surface area contributed by atoms with E-state index in [1.165, 1.54) is 48.7 Å². The zero-order valence-electron chi connectivity index (χ0n) is 22.4. The van der Waals surface area contributed by atoms with E-state index in [1.807, 2.05) is 0 Å². The third-order valence-electron chi connectivity index (χ3n) is 4.64. The Morgan fingerprint density at radius 1 is 0.605 bits per heavy atom. The molecule has 0 aliphatic carbocycles. The molecule has 12 nitrogen and oxygen atoms in total. The molecule has 2 aromatic carbocycles. The van der Waals surface area contributed by atoms with Crippen LogP contribution in [0.1, 0.15) is 15.9 Å². The van der Waals surface area contributed by atoms with E-state index in [2.05, 4.69) is 0 Å². The molecule has 0 unspecified atom stereocenters. The molecule has 0 aliphatic heterocycles. The fraction of sp³-hybridized carbons (Fsp3) is 0.423.